The second kappa shape index (κ2) is 2.06. The first-order valence-electron chi connectivity index (χ1n) is 4.22. The number of aromatic nitrogens is 3. The third-order valence-corrected chi connectivity index (χ3v) is 2.32. The highest BCUT2D eigenvalue weighted by molar-refractivity contribution is 5.74. The number of hydrogen-bond acceptors (Lipinski definition) is 2. The Morgan fingerprint density at radius 3 is 3.17 bits per heavy atom. The minimum Gasteiger partial charge on any atom is -0.329 e. The smallest absolute Gasteiger partial charge is 0.143 e. The van der Waals surface area contributed by atoms with Crippen molar-refractivity contribution in [3.05, 3.63) is 24.8 Å². The van der Waals surface area contributed by atoms with E-state index in [9.17, 15) is 0 Å². The Morgan fingerprint density at radius 1 is 1.42 bits per heavy atom. The Hall–Kier alpha value is -1.38. The van der Waals surface area contributed by atoms with Crippen LogP contribution in [-0.2, 0) is 0 Å². The lowest BCUT2D eigenvalue weighted by Crippen LogP contribution is -1.92. The Morgan fingerprint density at radius 2 is 2.33 bits per heavy atom. The summed E-state index contributed by atoms with van der Waals surface area (Å²) in [7, 11) is 0. The van der Waals surface area contributed by atoms with Gasteiger partial charge in [0.25, 0.3) is 0 Å². The quantitative estimate of drug-likeness (QED) is 0.634. The lowest BCUT2D eigenvalue weighted by molar-refractivity contribution is 0.765. The number of rotatable bonds is 1. The van der Waals surface area contributed by atoms with Crippen LogP contribution >= 0.6 is 0 Å². The molecule has 3 nitrogen and oxygen atoms in total. The maximum Gasteiger partial charge on any atom is 0.143 e. The molecule has 0 N–H and O–H groups in total. The van der Waals surface area contributed by atoms with Crippen LogP contribution in [0.15, 0.2) is 24.8 Å². The van der Waals surface area contributed by atoms with Crippen LogP contribution in [-0.4, -0.2) is 14.5 Å². The molecule has 0 aliphatic heterocycles. The van der Waals surface area contributed by atoms with Gasteiger partial charge in [-0.3, -0.25) is 0 Å². The van der Waals surface area contributed by atoms with Gasteiger partial charge in [0.15, 0.2) is 0 Å². The Kier molecular flexibility index (Phi) is 1.06. The SMILES string of the molecule is c1ncc2ccn(C3CC3)c2n1. The molecule has 1 fully saturated rings. The zero-order valence-corrected chi connectivity index (χ0v) is 6.64. The average Bonchev–Trinajstić information content (AvgIpc) is 2.86. The minimum atomic E-state index is 0.706. The largest absolute Gasteiger partial charge is 0.329 e. The summed E-state index contributed by atoms with van der Waals surface area (Å²) in [4.78, 5) is 8.24. The monoisotopic (exact) mass is 159 g/mol. The first kappa shape index (κ1) is 6.17. The highest BCUT2D eigenvalue weighted by Gasteiger charge is 2.24. The number of nitrogens with zero attached hydrogens (tertiary/aromatic N) is 3. The Bertz CT molecular complexity index is 414. The summed E-state index contributed by atoms with van der Waals surface area (Å²) >= 11 is 0. The fraction of sp³-hybridized carbons (Fsp3) is 0.333. The van der Waals surface area contributed by atoms with Gasteiger partial charge in [0.05, 0.1) is 0 Å². The molecular weight excluding hydrogens is 150 g/mol. The van der Waals surface area contributed by atoms with Crippen LogP contribution in [0, 0.1) is 0 Å². The lowest BCUT2D eigenvalue weighted by atomic mass is 10.4. The van der Waals surface area contributed by atoms with Crippen LogP contribution in [0.4, 0.5) is 0 Å². The summed E-state index contributed by atoms with van der Waals surface area (Å²) in [6, 6.07) is 2.78. The molecule has 1 aliphatic carbocycles. The van der Waals surface area contributed by atoms with Gasteiger partial charge in [-0.15, -0.1) is 0 Å². The van der Waals surface area contributed by atoms with Gasteiger partial charge in [-0.2, -0.15) is 0 Å². The molecule has 0 amide bonds. The van der Waals surface area contributed by atoms with Gasteiger partial charge in [-0.25, -0.2) is 9.97 Å². The van der Waals surface area contributed by atoms with Crippen LogP contribution < -0.4 is 0 Å². The van der Waals surface area contributed by atoms with Crippen LogP contribution in [0.1, 0.15) is 18.9 Å². The van der Waals surface area contributed by atoms with E-state index in [-0.39, 0.29) is 0 Å². The third-order valence-electron chi connectivity index (χ3n) is 2.32. The predicted octanol–water partition coefficient (Wildman–Crippen LogP) is 1.77. The van der Waals surface area contributed by atoms with Crippen LogP contribution in [0.3, 0.4) is 0 Å². The average molecular weight is 159 g/mol. The van der Waals surface area contributed by atoms with Crippen LogP contribution in [0.5, 0.6) is 0 Å². The maximum atomic E-state index is 4.25. The molecule has 1 aliphatic rings. The van der Waals surface area contributed by atoms with E-state index in [1.54, 1.807) is 6.33 Å². The zero-order valence-electron chi connectivity index (χ0n) is 6.64. The molecule has 0 saturated heterocycles. The molecule has 0 spiro atoms. The van der Waals surface area contributed by atoms with E-state index in [0.717, 1.165) is 11.0 Å². The second-order valence-corrected chi connectivity index (χ2v) is 3.26. The molecule has 0 aromatic carbocycles. The van der Waals surface area contributed by atoms with Crippen molar-refractivity contribution in [2.75, 3.05) is 0 Å². The van der Waals surface area contributed by atoms with E-state index in [2.05, 4.69) is 26.8 Å². The Balaban J connectivity index is 2.30. The Labute approximate surface area is 70.1 Å². The summed E-state index contributed by atoms with van der Waals surface area (Å²) < 4.78 is 2.25. The van der Waals surface area contributed by atoms with Crippen molar-refractivity contribution < 1.29 is 0 Å². The van der Waals surface area contributed by atoms with Crippen LogP contribution in [0.25, 0.3) is 11.0 Å². The molecule has 1 saturated carbocycles. The van der Waals surface area contributed by atoms with Gasteiger partial charge in [-0.05, 0) is 18.9 Å². The molecule has 2 heterocycles. The van der Waals surface area contributed by atoms with E-state index in [0.29, 0.717) is 6.04 Å². The van der Waals surface area contributed by atoms with E-state index < -0.39 is 0 Å². The summed E-state index contributed by atoms with van der Waals surface area (Å²) in [5, 5.41) is 1.14. The third kappa shape index (κ3) is 0.763. The topological polar surface area (TPSA) is 30.7 Å². The summed E-state index contributed by atoms with van der Waals surface area (Å²) in [6.07, 6.45) is 8.18. The highest BCUT2D eigenvalue weighted by Crippen LogP contribution is 2.36. The van der Waals surface area contributed by atoms with Crippen molar-refractivity contribution >= 4 is 11.0 Å². The fourth-order valence-electron chi connectivity index (χ4n) is 1.55. The van der Waals surface area contributed by atoms with E-state index >= 15 is 0 Å². The van der Waals surface area contributed by atoms with Gasteiger partial charge in [0.1, 0.15) is 12.0 Å². The zero-order chi connectivity index (χ0) is 7.97. The molecule has 3 rings (SSSR count). The van der Waals surface area contributed by atoms with Crippen molar-refractivity contribution in [2.45, 2.75) is 18.9 Å². The molecule has 0 unspecified atom stereocenters. The van der Waals surface area contributed by atoms with E-state index in [4.69, 9.17) is 0 Å². The molecule has 3 heteroatoms. The first-order chi connectivity index (χ1) is 5.95. The van der Waals surface area contributed by atoms with Gasteiger partial charge in [0, 0.05) is 23.8 Å². The van der Waals surface area contributed by atoms with Crippen molar-refractivity contribution in [1.82, 2.24) is 14.5 Å². The van der Waals surface area contributed by atoms with E-state index in [1.807, 2.05) is 6.20 Å². The fourth-order valence-corrected chi connectivity index (χ4v) is 1.55. The minimum absolute atomic E-state index is 0.706. The van der Waals surface area contributed by atoms with Gasteiger partial charge in [-0.1, -0.05) is 0 Å². The maximum absolute atomic E-state index is 4.25. The summed E-state index contributed by atoms with van der Waals surface area (Å²) in [6.45, 7) is 0. The summed E-state index contributed by atoms with van der Waals surface area (Å²) in [5.41, 5.74) is 1.08. The number of fused-ring (bicyclic) bond motifs is 1. The second-order valence-electron chi connectivity index (χ2n) is 3.26. The number of hydrogen-bond donors (Lipinski definition) is 0. The molecular formula is C9H9N3. The van der Waals surface area contributed by atoms with Crippen LogP contribution in [0.2, 0.25) is 0 Å². The molecule has 2 aromatic heterocycles. The first-order valence-corrected chi connectivity index (χ1v) is 4.22. The molecule has 0 bridgehead atoms. The summed E-state index contributed by atoms with van der Waals surface area (Å²) in [5.74, 6) is 0. The highest BCUT2D eigenvalue weighted by atomic mass is 15.1. The molecule has 12 heavy (non-hydrogen) atoms. The normalized spacial score (nSPS) is 17.0. The van der Waals surface area contributed by atoms with E-state index in [1.165, 1.54) is 12.8 Å². The van der Waals surface area contributed by atoms with Gasteiger partial charge < -0.3 is 4.57 Å². The lowest BCUT2D eigenvalue weighted by Gasteiger charge is -1.98. The van der Waals surface area contributed by atoms with Crippen molar-refractivity contribution in [2.24, 2.45) is 0 Å². The van der Waals surface area contributed by atoms with Gasteiger partial charge >= 0.3 is 0 Å². The standard InChI is InChI=1S/C9H9N3/c1-2-8(1)12-4-3-7-5-10-6-11-9(7)12/h3-6,8H,1-2H2. The predicted molar refractivity (Wildman–Crippen MR) is 45.8 cm³/mol. The molecule has 60 valence electrons. The van der Waals surface area contributed by atoms with Crippen molar-refractivity contribution in [1.29, 1.82) is 0 Å². The van der Waals surface area contributed by atoms with Gasteiger partial charge in [0.2, 0.25) is 0 Å². The van der Waals surface area contributed by atoms with Crippen molar-refractivity contribution in [3.8, 4) is 0 Å². The molecule has 2 aromatic rings. The molecule has 0 atom stereocenters. The molecule has 0 radical (unpaired) electrons. The van der Waals surface area contributed by atoms with Crippen molar-refractivity contribution in [3.63, 3.8) is 0 Å².